The molecule has 0 heterocycles. The third-order valence-electron chi connectivity index (χ3n) is 7.07. The molecule has 212 valence electrons. The fraction of sp³-hybridized carbons (Fsp3) is 0.618. The zero-order chi connectivity index (χ0) is 27.5. The highest BCUT2D eigenvalue weighted by molar-refractivity contribution is 5.70. The van der Waals surface area contributed by atoms with Crippen LogP contribution in [0.25, 0.3) is 0 Å². The second kappa shape index (κ2) is 18.8. The van der Waals surface area contributed by atoms with E-state index in [-0.39, 0.29) is 18.7 Å². The lowest BCUT2D eigenvalue weighted by atomic mass is 10.0. The molecule has 2 rings (SSSR count). The van der Waals surface area contributed by atoms with E-state index in [4.69, 9.17) is 9.47 Å². The van der Waals surface area contributed by atoms with E-state index in [1.54, 1.807) is 0 Å². The van der Waals surface area contributed by atoms with Crippen molar-refractivity contribution in [3.63, 3.8) is 0 Å². The van der Waals surface area contributed by atoms with Crippen LogP contribution in [-0.2, 0) is 22.5 Å². The molecular weight excluding hydrogens is 470 g/mol. The van der Waals surface area contributed by atoms with Crippen LogP contribution < -0.4 is 4.74 Å². The van der Waals surface area contributed by atoms with Gasteiger partial charge in [-0.1, -0.05) is 120 Å². The Balaban J connectivity index is 1.53. The number of likely N-dealkylation sites (N-methyl/N-ethyl adjacent to an activating group) is 1. The Morgan fingerprint density at radius 1 is 0.737 bits per heavy atom. The fourth-order valence-corrected chi connectivity index (χ4v) is 4.91. The van der Waals surface area contributed by atoms with E-state index in [0.29, 0.717) is 11.0 Å². The van der Waals surface area contributed by atoms with Crippen molar-refractivity contribution in [2.24, 2.45) is 0 Å². The Kier molecular flexibility index (Phi) is 15.8. The molecule has 0 fully saturated rings. The molecule has 38 heavy (non-hydrogen) atoms. The van der Waals surface area contributed by atoms with Gasteiger partial charge in [0.05, 0.1) is 14.1 Å². The predicted molar refractivity (Wildman–Crippen MR) is 159 cm³/mol. The summed E-state index contributed by atoms with van der Waals surface area (Å²) in [6.45, 7) is 5.59. The molecule has 0 aliphatic heterocycles. The van der Waals surface area contributed by atoms with E-state index < -0.39 is 0 Å². The molecule has 0 aromatic heterocycles. The number of carbonyl (C=O) groups excluding carboxylic acids is 1. The van der Waals surface area contributed by atoms with Crippen molar-refractivity contribution in [1.82, 2.24) is 0 Å². The summed E-state index contributed by atoms with van der Waals surface area (Å²) in [5, 5.41) is 0. The van der Waals surface area contributed by atoms with Gasteiger partial charge in [0.15, 0.2) is 6.54 Å². The van der Waals surface area contributed by atoms with Gasteiger partial charge in [-0.25, -0.2) is 4.79 Å². The summed E-state index contributed by atoms with van der Waals surface area (Å²) in [4.78, 5) is 12.4. The summed E-state index contributed by atoms with van der Waals surface area (Å²) in [6, 6.07) is 18.6. The summed E-state index contributed by atoms with van der Waals surface area (Å²) in [5.41, 5.74) is 2.58. The third kappa shape index (κ3) is 15.2. The van der Waals surface area contributed by atoms with Gasteiger partial charge in [-0.2, -0.15) is 0 Å². The Bertz CT molecular complexity index is 863. The highest BCUT2D eigenvalue weighted by Gasteiger charge is 2.22. The molecule has 0 radical (unpaired) electrons. The van der Waals surface area contributed by atoms with E-state index in [1.165, 1.54) is 88.2 Å². The maximum absolute atomic E-state index is 12.4. The lowest BCUT2D eigenvalue weighted by Gasteiger charge is -2.28. The lowest BCUT2D eigenvalue weighted by Crippen LogP contribution is -2.44. The van der Waals surface area contributed by atoms with Crippen LogP contribution in [0.4, 0.5) is 0 Å². The van der Waals surface area contributed by atoms with E-state index in [0.717, 1.165) is 18.7 Å². The first kappa shape index (κ1) is 31.9. The Hall–Kier alpha value is -2.33. The van der Waals surface area contributed by atoms with Crippen molar-refractivity contribution in [2.75, 3.05) is 27.2 Å². The maximum atomic E-state index is 12.4. The zero-order valence-corrected chi connectivity index (χ0v) is 24.8. The van der Waals surface area contributed by atoms with Gasteiger partial charge in [0.1, 0.15) is 25.0 Å². The Morgan fingerprint density at radius 3 is 1.87 bits per heavy atom. The van der Waals surface area contributed by atoms with E-state index >= 15 is 0 Å². The number of ether oxygens (including phenoxy) is 2. The lowest BCUT2D eigenvalue weighted by molar-refractivity contribution is -0.896. The number of hydrogen-bond acceptors (Lipinski definition) is 3. The molecule has 1 unspecified atom stereocenters. The van der Waals surface area contributed by atoms with Crippen LogP contribution in [0.3, 0.4) is 0 Å². The van der Waals surface area contributed by atoms with Gasteiger partial charge < -0.3 is 14.0 Å². The summed E-state index contributed by atoms with van der Waals surface area (Å²) < 4.78 is 12.1. The quantitative estimate of drug-likeness (QED) is 0.0932. The average molecular weight is 525 g/mol. The van der Waals surface area contributed by atoms with Gasteiger partial charge in [-0.15, -0.1) is 0 Å². The molecule has 0 spiro atoms. The molecule has 0 saturated heterocycles. The van der Waals surface area contributed by atoms with Crippen LogP contribution in [0.1, 0.15) is 102 Å². The molecule has 0 amide bonds. The monoisotopic (exact) mass is 524 g/mol. The highest BCUT2D eigenvalue weighted by Crippen LogP contribution is 2.17. The number of hydrogen-bond donors (Lipinski definition) is 0. The number of carbonyl (C=O) groups is 1. The molecule has 2 aromatic carbocycles. The number of unbranched alkanes of at least 4 members (excludes halogenated alkanes) is 11. The molecule has 0 N–H and O–H groups in total. The highest BCUT2D eigenvalue weighted by atomic mass is 16.6. The van der Waals surface area contributed by atoms with Crippen LogP contribution >= 0.6 is 0 Å². The summed E-state index contributed by atoms with van der Waals surface area (Å²) in [7, 11) is 4.10. The second-order valence-corrected chi connectivity index (χ2v) is 11.6. The van der Waals surface area contributed by atoms with Crippen LogP contribution in [0.2, 0.25) is 0 Å². The molecule has 0 bridgehead atoms. The fourth-order valence-electron chi connectivity index (χ4n) is 4.91. The maximum Gasteiger partial charge on any atom is 0.361 e. The van der Waals surface area contributed by atoms with Gasteiger partial charge in [0.2, 0.25) is 0 Å². The summed E-state index contributed by atoms with van der Waals surface area (Å²) in [5.74, 6) is 0.631. The van der Waals surface area contributed by atoms with Gasteiger partial charge in [0, 0.05) is 5.56 Å². The SMILES string of the molecule is CCCCCCCCCCCCCCc1ccc(OC(C)COC(=O)C[N+](C)(C)Cc2ccccc2)cc1. The molecule has 0 aliphatic rings. The second-order valence-electron chi connectivity index (χ2n) is 11.6. The average Bonchev–Trinajstić information content (AvgIpc) is 2.89. The molecular formula is C34H54NO3+. The Morgan fingerprint density at radius 2 is 1.29 bits per heavy atom. The van der Waals surface area contributed by atoms with Crippen LogP contribution in [0, 0.1) is 0 Å². The van der Waals surface area contributed by atoms with Gasteiger partial charge in [-0.3, -0.25) is 0 Å². The standard InChI is InChI=1S/C34H54NO3/c1-5-6-7-8-9-10-11-12-13-14-15-17-20-31-23-25-33(26-24-31)38-30(2)29-37-34(36)28-35(3,4)27-32-21-18-16-19-22-32/h16,18-19,21-26,30H,5-15,17,20,27-29H2,1-4H3/q+1. The first-order valence-corrected chi connectivity index (χ1v) is 15.1. The number of nitrogens with zero attached hydrogens (tertiary/aromatic N) is 1. The molecule has 0 saturated carbocycles. The Labute approximate surface area is 233 Å². The molecule has 4 heteroatoms. The number of quaternary nitrogens is 1. The minimum Gasteiger partial charge on any atom is -0.487 e. The first-order valence-electron chi connectivity index (χ1n) is 15.1. The third-order valence-corrected chi connectivity index (χ3v) is 7.07. The van der Waals surface area contributed by atoms with Gasteiger partial charge in [0.25, 0.3) is 0 Å². The number of aryl methyl sites for hydroxylation is 1. The van der Waals surface area contributed by atoms with Crippen molar-refractivity contribution >= 4 is 5.97 Å². The van der Waals surface area contributed by atoms with Crippen molar-refractivity contribution in [1.29, 1.82) is 0 Å². The molecule has 2 aromatic rings. The largest absolute Gasteiger partial charge is 0.487 e. The van der Waals surface area contributed by atoms with Crippen LogP contribution in [-0.4, -0.2) is 43.8 Å². The van der Waals surface area contributed by atoms with Crippen LogP contribution in [0.5, 0.6) is 5.75 Å². The molecule has 4 nitrogen and oxygen atoms in total. The topological polar surface area (TPSA) is 35.5 Å². The summed E-state index contributed by atoms with van der Waals surface area (Å²) in [6.07, 6.45) is 17.5. The van der Waals surface area contributed by atoms with Crippen LogP contribution in [0.15, 0.2) is 54.6 Å². The van der Waals surface area contributed by atoms with Gasteiger partial charge >= 0.3 is 5.97 Å². The van der Waals surface area contributed by atoms with Crippen molar-refractivity contribution in [2.45, 2.75) is 110 Å². The minimum atomic E-state index is -0.195. The van der Waals surface area contributed by atoms with E-state index in [9.17, 15) is 4.79 Å². The normalized spacial score (nSPS) is 12.3. The smallest absolute Gasteiger partial charge is 0.361 e. The number of rotatable bonds is 21. The van der Waals surface area contributed by atoms with E-state index in [2.05, 4.69) is 31.2 Å². The van der Waals surface area contributed by atoms with Crippen molar-refractivity contribution in [3.8, 4) is 5.75 Å². The van der Waals surface area contributed by atoms with E-state index in [1.807, 2.05) is 51.4 Å². The number of benzene rings is 2. The van der Waals surface area contributed by atoms with Crippen molar-refractivity contribution in [3.05, 3.63) is 65.7 Å². The molecule has 1 atom stereocenters. The predicted octanol–water partition coefficient (Wildman–Crippen LogP) is 8.52. The first-order chi connectivity index (χ1) is 18.4. The van der Waals surface area contributed by atoms with Gasteiger partial charge in [-0.05, 0) is 37.5 Å². The summed E-state index contributed by atoms with van der Waals surface area (Å²) >= 11 is 0. The number of esters is 1. The van der Waals surface area contributed by atoms with Crippen molar-refractivity contribution < 1.29 is 18.8 Å². The molecule has 0 aliphatic carbocycles. The minimum absolute atomic E-state index is 0.189. The zero-order valence-electron chi connectivity index (χ0n) is 24.8.